The molecule has 0 fully saturated rings. The summed E-state index contributed by atoms with van der Waals surface area (Å²) in [6.45, 7) is 0. The smallest absolute Gasteiger partial charge is 0.0720 e. The molecule has 11 rings (SSSR count). The van der Waals surface area contributed by atoms with E-state index in [1.54, 1.807) is 0 Å². The summed E-state index contributed by atoms with van der Waals surface area (Å²) in [5.74, 6) is 0. The Balaban J connectivity index is 1.22. The molecule has 9 aromatic carbocycles. The Morgan fingerprint density at radius 3 is 1.23 bits per heavy atom. The van der Waals surface area contributed by atoms with Gasteiger partial charge in [-0.25, -0.2) is 0 Å². The van der Waals surface area contributed by atoms with Crippen molar-refractivity contribution in [3.05, 3.63) is 281 Å². The second kappa shape index (κ2) is 13.2. The van der Waals surface area contributed by atoms with Gasteiger partial charge in [-0.05, 0) is 91.5 Å². The lowest BCUT2D eigenvalue weighted by atomic mass is 9.51. The minimum absolute atomic E-state index is 0.535. The van der Waals surface area contributed by atoms with E-state index < -0.39 is 10.8 Å². The van der Waals surface area contributed by atoms with Crippen LogP contribution in [0.25, 0.3) is 22.3 Å². The van der Waals surface area contributed by atoms with Gasteiger partial charge in [0.05, 0.1) is 16.5 Å². The third-order valence-electron chi connectivity index (χ3n) is 12.4. The number of anilines is 3. The fourth-order valence-corrected chi connectivity index (χ4v) is 10.2. The zero-order chi connectivity index (χ0) is 37.8. The highest BCUT2D eigenvalue weighted by Gasteiger charge is 2.57. The number of hydrogen-bond acceptors (Lipinski definition) is 1. The van der Waals surface area contributed by atoms with Crippen molar-refractivity contribution >= 4 is 17.1 Å². The minimum Gasteiger partial charge on any atom is -0.310 e. The first-order valence-electron chi connectivity index (χ1n) is 19.9. The third kappa shape index (κ3) is 4.76. The monoisotopic (exact) mass is 725 g/mol. The molecule has 0 aromatic heterocycles. The van der Waals surface area contributed by atoms with E-state index in [2.05, 4.69) is 241 Å². The molecule has 57 heavy (non-hydrogen) atoms. The molecule has 268 valence electrons. The molecule has 1 heteroatoms. The lowest BCUT2D eigenvalue weighted by molar-refractivity contribution is 0.623. The van der Waals surface area contributed by atoms with Crippen molar-refractivity contribution < 1.29 is 0 Å². The molecule has 0 heterocycles. The Morgan fingerprint density at radius 2 is 0.667 bits per heavy atom. The molecule has 9 aromatic rings. The van der Waals surface area contributed by atoms with E-state index in [-0.39, 0.29) is 0 Å². The predicted molar refractivity (Wildman–Crippen MR) is 236 cm³/mol. The number of benzene rings is 9. The topological polar surface area (TPSA) is 3.24 Å². The first-order valence-corrected chi connectivity index (χ1v) is 19.9. The second-order valence-corrected chi connectivity index (χ2v) is 15.2. The first-order chi connectivity index (χ1) is 28.3. The molecular weight excluding hydrogens is 687 g/mol. The van der Waals surface area contributed by atoms with Gasteiger partial charge in [-0.1, -0.05) is 206 Å². The molecule has 0 N–H and O–H groups in total. The summed E-state index contributed by atoms with van der Waals surface area (Å²) in [6.07, 6.45) is 0. The number of hydrogen-bond donors (Lipinski definition) is 0. The van der Waals surface area contributed by atoms with Crippen LogP contribution < -0.4 is 4.90 Å². The van der Waals surface area contributed by atoms with Gasteiger partial charge < -0.3 is 4.90 Å². The third-order valence-corrected chi connectivity index (χ3v) is 12.4. The van der Waals surface area contributed by atoms with Crippen LogP contribution in [0, 0.1) is 0 Å². The highest BCUT2D eigenvalue weighted by Crippen LogP contribution is 2.66. The second-order valence-electron chi connectivity index (χ2n) is 15.2. The molecule has 0 radical (unpaired) electrons. The summed E-state index contributed by atoms with van der Waals surface area (Å²) in [6, 6.07) is 87.4. The molecule has 0 atom stereocenters. The van der Waals surface area contributed by atoms with Crippen molar-refractivity contribution in [2.45, 2.75) is 10.8 Å². The fourth-order valence-electron chi connectivity index (χ4n) is 10.2. The number of fused-ring (bicyclic) bond motifs is 9. The van der Waals surface area contributed by atoms with Gasteiger partial charge in [0, 0.05) is 16.9 Å². The van der Waals surface area contributed by atoms with Gasteiger partial charge in [0.2, 0.25) is 0 Å². The van der Waals surface area contributed by atoms with E-state index in [9.17, 15) is 0 Å². The summed E-state index contributed by atoms with van der Waals surface area (Å²) in [5, 5.41) is 0. The maximum Gasteiger partial charge on any atom is 0.0720 e. The van der Waals surface area contributed by atoms with Crippen LogP contribution in [0.3, 0.4) is 0 Å². The van der Waals surface area contributed by atoms with Gasteiger partial charge >= 0.3 is 0 Å². The SMILES string of the molecule is c1ccc(-c2ccc(N(c3ccccc3)c3cccc4c3-c3ccccc3C43c4ccccc4C(c4ccccc4)(c4ccccc4)c4ccccc43)cc2)cc1. The quantitative estimate of drug-likeness (QED) is 0.165. The van der Waals surface area contributed by atoms with E-state index in [1.807, 2.05) is 0 Å². The zero-order valence-corrected chi connectivity index (χ0v) is 31.5. The normalized spacial score (nSPS) is 13.9. The summed E-state index contributed by atoms with van der Waals surface area (Å²) in [7, 11) is 0. The molecule has 0 saturated carbocycles. The average Bonchev–Trinajstić information content (AvgIpc) is 3.60. The highest BCUT2D eigenvalue weighted by atomic mass is 15.1. The Kier molecular flexibility index (Phi) is 7.69. The van der Waals surface area contributed by atoms with Crippen molar-refractivity contribution in [3.8, 4) is 22.3 Å². The standard InChI is InChI=1S/C56H39N/c1-5-20-40(21-6-1)41-36-38-45(39-37-41)57(44-26-11-4-12-27-44)53-35-19-34-52-54(53)46-28-13-14-29-47(46)56(52)50-32-17-15-30-48(50)55(42-22-7-2-8-23-42,43-24-9-3-10-25-43)49-31-16-18-33-51(49)56/h1-39H. The highest BCUT2D eigenvalue weighted by molar-refractivity contribution is 5.98. The maximum absolute atomic E-state index is 2.45. The Morgan fingerprint density at radius 1 is 0.263 bits per heavy atom. The lowest BCUT2D eigenvalue weighted by Crippen LogP contribution is -2.44. The predicted octanol–water partition coefficient (Wildman–Crippen LogP) is 13.9. The molecule has 0 bridgehead atoms. The van der Waals surface area contributed by atoms with E-state index in [1.165, 1.54) is 66.8 Å². The van der Waals surface area contributed by atoms with E-state index >= 15 is 0 Å². The van der Waals surface area contributed by atoms with Crippen molar-refractivity contribution in [1.29, 1.82) is 0 Å². The molecule has 2 aliphatic rings. The number of para-hydroxylation sites is 1. The van der Waals surface area contributed by atoms with Gasteiger partial charge in [-0.2, -0.15) is 0 Å². The first kappa shape index (κ1) is 33.1. The lowest BCUT2D eigenvalue weighted by Gasteiger charge is -2.50. The van der Waals surface area contributed by atoms with E-state index in [0.717, 1.165) is 17.1 Å². The number of nitrogens with zero attached hydrogens (tertiary/aromatic N) is 1. The molecule has 1 nitrogen and oxygen atoms in total. The summed E-state index contributed by atoms with van der Waals surface area (Å²) >= 11 is 0. The summed E-state index contributed by atoms with van der Waals surface area (Å²) in [5.41, 5.74) is 17.6. The van der Waals surface area contributed by atoms with Crippen LogP contribution in [0.4, 0.5) is 17.1 Å². The largest absolute Gasteiger partial charge is 0.310 e. The molecule has 0 aliphatic heterocycles. The molecule has 2 aliphatic carbocycles. The summed E-state index contributed by atoms with van der Waals surface area (Å²) in [4.78, 5) is 2.45. The van der Waals surface area contributed by atoms with Gasteiger partial charge in [0.25, 0.3) is 0 Å². The molecule has 0 unspecified atom stereocenters. The maximum atomic E-state index is 2.45. The summed E-state index contributed by atoms with van der Waals surface area (Å²) < 4.78 is 0. The van der Waals surface area contributed by atoms with Gasteiger partial charge in [-0.15, -0.1) is 0 Å². The molecule has 1 spiro atoms. The van der Waals surface area contributed by atoms with Crippen LogP contribution in [-0.4, -0.2) is 0 Å². The Labute approximate surface area is 334 Å². The zero-order valence-electron chi connectivity index (χ0n) is 31.5. The van der Waals surface area contributed by atoms with E-state index in [4.69, 9.17) is 0 Å². The average molecular weight is 726 g/mol. The Bertz CT molecular complexity index is 2790. The van der Waals surface area contributed by atoms with Crippen LogP contribution in [0.15, 0.2) is 237 Å². The molecule has 0 saturated heterocycles. The molecular formula is C56H39N. The van der Waals surface area contributed by atoms with Crippen LogP contribution in [0.1, 0.15) is 44.5 Å². The van der Waals surface area contributed by atoms with Gasteiger partial charge in [-0.3, -0.25) is 0 Å². The number of rotatable bonds is 6. The van der Waals surface area contributed by atoms with Gasteiger partial charge in [0.1, 0.15) is 0 Å². The van der Waals surface area contributed by atoms with Crippen molar-refractivity contribution in [3.63, 3.8) is 0 Å². The van der Waals surface area contributed by atoms with Crippen molar-refractivity contribution in [2.24, 2.45) is 0 Å². The fraction of sp³-hybridized carbons (Fsp3) is 0.0357. The van der Waals surface area contributed by atoms with E-state index in [0.29, 0.717) is 0 Å². The van der Waals surface area contributed by atoms with Crippen molar-refractivity contribution in [1.82, 2.24) is 0 Å². The molecule has 0 amide bonds. The van der Waals surface area contributed by atoms with Crippen LogP contribution in [0.5, 0.6) is 0 Å². The van der Waals surface area contributed by atoms with Crippen LogP contribution >= 0.6 is 0 Å². The van der Waals surface area contributed by atoms with Crippen LogP contribution in [0.2, 0.25) is 0 Å². The van der Waals surface area contributed by atoms with Gasteiger partial charge in [0.15, 0.2) is 0 Å². The van der Waals surface area contributed by atoms with Crippen molar-refractivity contribution in [2.75, 3.05) is 4.90 Å². The Hall–Kier alpha value is -7.22. The minimum atomic E-state index is -0.568. The van der Waals surface area contributed by atoms with Crippen LogP contribution in [-0.2, 0) is 10.8 Å².